The van der Waals surface area contributed by atoms with Crippen molar-refractivity contribution in [1.82, 2.24) is 23.8 Å². The van der Waals surface area contributed by atoms with Gasteiger partial charge < -0.3 is 14.8 Å². The first kappa shape index (κ1) is 21.0. The normalized spacial score (nSPS) is 12.9. The zero-order valence-electron chi connectivity index (χ0n) is 19.2. The molecule has 1 aliphatic heterocycles. The maximum absolute atomic E-state index is 12.9. The SMILES string of the molecule is Cc1ccc(-c2cc3c4nn(CC(=O)Nc5ccc6c(c5)OCCO6)c(=O)n4ccn3n2)cc1C. The standard InChI is InChI=1S/C25H22N6O4/c1-15-3-4-17(11-16(15)2)19-13-20-24-28-31(25(33)29(24)7-8-30(20)27-19)14-23(32)26-18-5-6-21-22(12-18)35-10-9-34-21/h3-8,11-13H,9-10,14H2,1-2H3,(H,26,32). The Bertz CT molecular complexity index is 1680. The Morgan fingerprint density at radius 2 is 1.80 bits per heavy atom. The summed E-state index contributed by atoms with van der Waals surface area (Å²) in [5.74, 6) is 0.824. The number of amides is 1. The van der Waals surface area contributed by atoms with Crippen LogP contribution in [0.1, 0.15) is 11.1 Å². The highest BCUT2D eigenvalue weighted by molar-refractivity contribution is 5.91. The van der Waals surface area contributed by atoms with E-state index in [-0.39, 0.29) is 12.5 Å². The number of carbonyl (C=O) groups is 1. The number of fused-ring (bicyclic) bond motifs is 4. The summed E-state index contributed by atoms with van der Waals surface area (Å²) in [5, 5.41) is 11.9. The molecule has 3 aromatic heterocycles. The van der Waals surface area contributed by atoms with Gasteiger partial charge in [0.05, 0.1) is 5.69 Å². The first-order valence-corrected chi connectivity index (χ1v) is 11.2. The maximum Gasteiger partial charge on any atom is 0.350 e. The van der Waals surface area contributed by atoms with E-state index in [2.05, 4.69) is 41.5 Å². The van der Waals surface area contributed by atoms with Crippen LogP contribution in [0.5, 0.6) is 11.5 Å². The maximum atomic E-state index is 12.9. The summed E-state index contributed by atoms with van der Waals surface area (Å²) in [4.78, 5) is 25.6. The molecule has 0 saturated carbocycles. The van der Waals surface area contributed by atoms with Crippen molar-refractivity contribution in [2.45, 2.75) is 20.4 Å². The van der Waals surface area contributed by atoms with Gasteiger partial charge in [-0.3, -0.25) is 4.79 Å². The van der Waals surface area contributed by atoms with Gasteiger partial charge in [0.1, 0.15) is 25.3 Å². The molecule has 0 radical (unpaired) electrons. The Morgan fingerprint density at radius 1 is 0.971 bits per heavy atom. The average molecular weight is 470 g/mol. The third-order valence-electron chi connectivity index (χ3n) is 6.11. The molecule has 0 unspecified atom stereocenters. The first-order valence-electron chi connectivity index (χ1n) is 11.2. The molecule has 2 aromatic carbocycles. The van der Waals surface area contributed by atoms with Gasteiger partial charge in [0.2, 0.25) is 5.91 Å². The number of carbonyl (C=O) groups excluding carboxylic acids is 1. The van der Waals surface area contributed by atoms with Gasteiger partial charge in [-0.1, -0.05) is 12.1 Å². The van der Waals surface area contributed by atoms with Crippen molar-refractivity contribution in [3.05, 3.63) is 76.5 Å². The molecule has 1 aliphatic rings. The van der Waals surface area contributed by atoms with Crippen LogP contribution in [0, 0.1) is 13.8 Å². The molecule has 10 heteroatoms. The van der Waals surface area contributed by atoms with E-state index in [0.29, 0.717) is 41.6 Å². The zero-order chi connectivity index (χ0) is 24.1. The molecule has 176 valence electrons. The summed E-state index contributed by atoms with van der Waals surface area (Å²) in [7, 11) is 0. The topological polar surface area (TPSA) is 104 Å². The quantitative estimate of drug-likeness (QED) is 0.433. The molecule has 6 rings (SSSR count). The fraction of sp³-hybridized carbons (Fsp3) is 0.200. The van der Waals surface area contributed by atoms with E-state index in [1.165, 1.54) is 15.5 Å². The van der Waals surface area contributed by atoms with Crippen molar-refractivity contribution in [2.24, 2.45) is 0 Å². The van der Waals surface area contributed by atoms with Crippen LogP contribution in [0.3, 0.4) is 0 Å². The molecule has 1 N–H and O–H groups in total. The number of hydrogen-bond donors (Lipinski definition) is 1. The molecule has 10 nitrogen and oxygen atoms in total. The van der Waals surface area contributed by atoms with Crippen molar-refractivity contribution in [1.29, 1.82) is 0 Å². The molecule has 0 saturated heterocycles. The van der Waals surface area contributed by atoms with Crippen molar-refractivity contribution in [3.8, 4) is 22.8 Å². The fourth-order valence-corrected chi connectivity index (χ4v) is 4.14. The molecule has 0 spiro atoms. The summed E-state index contributed by atoms with van der Waals surface area (Å²) in [6, 6.07) is 13.2. The number of hydrogen-bond acceptors (Lipinski definition) is 6. The molecule has 0 aliphatic carbocycles. The van der Waals surface area contributed by atoms with E-state index in [1.807, 2.05) is 12.1 Å². The summed E-state index contributed by atoms with van der Waals surface area (Å²) in [6.45, 7) is 4.83. The van der Waals surface area contributed by atoms with Crippen LogP contribution in [0.2, 0.25) is 0 Å². The Hall–Kier alpha value is -4.60. The van der Waals surface area contributed by atoms with Crippen molar-refractivity contribution in [3.63, 3.8) is 0 Å². The molecular formula is C25H22N6O4. The van der Waals surface area contributed by atoms with Crippen molar-refractivity contribution >= 4 is 22.8 Å². The number of nitrogens with zero attached hydrogens (tertiary/aromatic N) is 5. The highest BCUT2D eigenvalue weighted by Crippen LogP contribution is 2.32. The molecule has 1 amide bonds. The first-order chi connectivity index (χ1) is 17.0. The van der Waals surface area contributed by atoms with E-state index in [4.69, 9.17) is 9.47 Å². The Labute approximate surface area is 199 Å². The molecule has 0 atom stereocenters. The molecule has 4 heterocycles. The average Bonchev–Trinajstić information content (AvgIpc) is 3.42. The van der Waals surface area contributed by atoms with E-state index in [0.717, 1.165) is 15.9 Å². The highest BCUT2D eigenvalue weighted by atomic mass is 16.6. The molecular weight excluding hydrogens is 448 g/mol. The number of benzene rings is 2. The van der Waals surface area contributed by atoms with Crippen LogP contribution < -0.4 is 20.5 Å². The van der Waals surface area contributed by atoms with Crippen LogP contribution in [0.4, 0.5) is 5.69 Å². The van der Waals surface area contributed by atoms with E-state index in [1.54, 1.807) is 35.1 Å². The second-order valence-electron chi connectivity index (χ2n) is 8.50. The van der Waals surface area contributed by atoms with E-state index >= 15 is 0 Å². The van der Waals surface area contributed by atoms with Crippen LogP contribution in [-0.2, 0) is 11.3 Å². The third kappa shape index (κ3) is 3.68. The number of aryl methyl sites for hydroxylation is 2. The lowest BCUT2D eigenvalue weighted by molar-refractivity contribution is -0.117. The lowest BCUT2D eigenvalue weighted by Crippen LogP contribution is -2.28. The molecule has 5 aromatic rings. The van der Waals surface area contributed by atoms with Gasteiger partial charge in [-0.15, -0.1) is 5.10 Å². The Balaban J connectivity index is 1.30. The van der Waals surface area contributed by atoms with Crippen LogP contribution in [0.15, 0.2) is 59.7 Å². The summed E-state index contributed by atoms with van der Waals surface area (Å²) < 4.78 is 15.3. The van der Waals surface area contributed by atoms with Crippen molar-refractivity contribution < 1.29 is 14.3 Å². The molecule has 0 bridgehead atoms. The van der Waals surface area contributed by atoms with Crippen LogP contribution in [-0.4, -0.2) is 42.9 Å². The van der Waals surface area contributed by atoms with E-state index < -0.39 is 5.69 Å². The predicted molar refractivity (Wildman–Crippen MR) is 129 cm³/mol. The van der Waals surface area contributed by atoms with Gasteiger partial charge in [0.25, 0.3) is 0 Å². The van der Waals surface area contributed by atoms with E-state index in [9.17, 15) is 9.59 Å². The lowest BCUT2D eigenvalue weighted by atomic mass is 10.0. The number of anilines is 1. The highest BCUT2D eigenvalue weighted by Gasteiger charge is 2.17. The predicted octanol–water partition coefficient (Wildman–Crippen LogP) is 2.84. The Morgan fingerprint density at radius 3 is 2.63 bits per heavy atom. The van der Waals surface area contributed by atoms with Crippen molar-refractivity contribution in [2.75, 3.05) is 18.5 Å². The fourth-order valence-electron chi connectivity index (χ4n) is 4.14. The third-order valence-corrected chi connectivity index (χ3v) is 6.11. The second-order valence-corrected chi connectivity index (χ2v) is 8.50. The molecule has 35 heavy (non-hydrogen) atoms. The van der Waals surface area contributed by atoms with Gasteiger partial charge >= 0.3 is 5.69 Å². The summed E-state index contributed by atoms with van der Waals surface area (Å²) in [5.41, 5.74) is 5.38. The number of nitrogens with one attached hydrogen (secondary N) is 1. The molecule has 0 fully saturated rings. The number of rotatable bonds is 4. The minimum absolute atomic E-state index is 0.237. The van der Waals surface area contributed by atoms with Gasteiger partial charge in [-0.2, -0.15) is 5.10 Å². The second kappa shape index (κ2) is 8.01. The van der Waals surface area contributed by atoms with Gasteiger partial charge in [-0.05, 0) is 49.2 Å². The van der Waals surface area contributed by atoms with Crippen LogP contribution in [0.25, 0.3) is 22.4 Å². The number of aromatic nitrogens is 5. The monoisotopic (exact) mass is 470 g/mol. The van der Waals surface area contributed by atoms with Gasteiger partial charge in [0.15, 0.2) is 17.1 Å². The lowest BCUT2D eigenvalue weighted by Gasteiger charge is -2.18. The largest absolute Gasteiger partial charge is 0.486 e. The Kier molecular flexibility index (Phi) is 4.80. The minimum atomic E-state index is -0.409. The number of ether oxygens (including phenoxy) is 2. The van der Waals surface area contributed by atoms with Gasteiger partial charge in [0, 0.05) is 29.7 Å². The smallest absolute Gasteiger partial charge is 0.350 e. The summed E-state index contributed by atoms with van der Waals surface area (Å²) in [6.07, 6.45) is 3.31. The summed E-state index contributed by atoms with van der Waals surface area (Å²) >= 11 is 0. The minimum Gasteiger partial charge on any atom is -0.486 e. The zero-order valence-corrected chi connectivity index (χ0v) is 19.2. The van der Waals surface area contributed by atoms with Crippen LogP contribution >= 0.6 is 0 Å². The van der Waals surface area contributed by atoms with Gasteiger partial charge in [-0.25, -0.2) is 18.4 Å².